The number of carboxylic acids is 1. The Morgan fingerprint density at radius 2 is 1.83 bits per heavy atom. The molecule has 8 nitrogen and oxygen atoms in total. The van der Waals surface area contributed by atoms with Crippen LogP contribution < -0.4 is 9.47 Å². The van der Waals surface area contributed by atoms with Gasteiger partial charge in [-0.05, 0) is 40.1 Å². The quantitative estimate of drug-likeness (QED) is 0.545. The second kappa shape index (κ2) is 9.42. The lowest BCUT2D eigenvalue weighted by Crippen LogP contribution is -2.24. The van der Waals surface area contributed by atoms with Crippen LogP contribution in [0.15, 0.2) is 70.8 Å². The van der Waals surface area contributed by atoms with Crippen molar-refractivity contribution in [3.63, 3.8) is 0 Å². The minimum absolute atomic E-state index is 0.251. The molecular formula is C26H23N3O5S. The van der Waals surface area contributed by atoms with Crippen molar-refractivity contribution in [2.24, 2.45) is 10.1 Å². The summed E-state index contributed by atoms with van der Waals surface area (Å²) in [6.45, 7) is 0. The Hall–Kier alpha value is -3.85. The number of methoxy groups -OCH3 is 2. The van der Waals surface area contributed by atoms with Gasteiger partial charge in [0.2, 0.25) is 0 Å². The van der Waals surface area contributed by atoms with Gasteiger partial charge in [-0.2, -0.15) is 10.1 Å². The molecule has 0 saturated carbocycles. The summed E-state index contributed by atoms with van der Waals surface area (Å²) in [5.74, 6) is -0.288. The third-order valence-corrected chi connectivity index (χ3v) is 7.21. The number of carboxylic acid groups (broad SMARTS) is 1. The molecule has 0 saturated heterocycles. The molecule has 9 heteroatoms. The summed E-state index contributed by atoms with van der Waals surface area (Å²) in [4.78, 5) is 27.8. The van der Waals surface area contributed by atoms with E-state index < -0.39 is 17.1 Å². The van der Waals surface area contributed by atoms with Crippen molar-refractivity contribution in [3.8, 4) is 11.5 Å². The second-order valence-corrected chi connectivity index (χ2v) is 9.39. The first kappa shape index (κ1) is 22.9. The third-order valence-electron chi connectivity index (χ3n) is 6.07. The Morgan fingerprint density at radius 3 is 2.57 bits per heavy atom. The molecule has 2 atom stereocenters. The van der Waals surface area contributed by atoms with Gasteiger partial charge in [-0.25, -0.2) is 5.01 Å². The van der Waals surface area contributed by atoms with Gasteiger partial charge in [-0.3, -0.25) is 9.59 Å². The maximum Gasteiger partial charge on any atom is 0.305 e. The van der Waals surface area contributed by atoms with Crippen molar-refractivity contribution in [1.82, 2.24) is 5.01 Å². The van der Waals surface area contributed by atoms with E-state index in [0.717, 1.165) is 39.4 Å². The van der Waals surface area contributed by atoms with Crippen LogP contribution in [0.25, 0.3) is 10.8 Å². The molecule has 1 N–H and O–H groups in total. The number of hydrogen-bond acceptors (Lipinski definition) is 7. The Kier molecular flexibility index (Phi) is 6.17. The number of thioether (sulfide) groups is 1. The van der Waals surface area contributed by atoms with Gasteiger partial charge in [0.25, 0.3) is 5.91 Å². The normalized spacial score (nSPS) is 19.6. The van der Waals surface area contributed by atoms with Crippen LogP contribution in [0.1, 0.15) is 30.0 Å². The summed E-state index contributed by atoms with van der Waals surface area (Å²) >= 11 is 1.14. The van der Waals surface area contributed by atoms with E-state index in [1.807, 2.05) is 36.4 Å². The predicted molar refractivity (Wildman–Crippen MR) is 135 cm³/mol. The molecule has 0 radical (unpaired) electrons. The Balaban J connectivity index is 1.53. The largest absolute Gasteiger partial charge is 0.493 e. The molecule has 2 aliphatic rings. The fourth-order valence-electron chi connectivity index (χ4n) is 4.31. The Bertz CT molecular complexity index is 1390. The summed E-state index contributed by atoms with van der Waals surface area (Å²) in [5.41, 5.74) is 2.75. The van der Waals surface area contributed by atoms with E-state index in [0.29, 0.717) is 23.1 Å². The van der Waals surface area contributed by atoms with Gasteiger partial charge in [0, 0.05) is 6.42 Å². The number of aliphatic imine (C=N–C) groups is 1. The lowest BCUT2D eigenvalue weighted by atomic mass is 9.97. The van der Waals surface area contributed by atoms with Crippen molar-refractivity contribution in [2.45, 2.75) is 24.1 Å². The van der Waals surface area contributed by atoms with Gasteiger partial charge >= 0.3 is 5.97 Å². The fourth-order valence-corrected chi connectivity index (χ4v) is 5.37. The number of aliphatic carboxylic acids is 1. The van der Waals surface area contributed by atoms with Crippen LogP contribution in [-0.2, 0) is 9.59 Å². The number of nitrogens with zero attached hydrogens (tertiary/aromatic N) is 3. The van der Waals surface area contributed by atoms with Gasteiger partial charge in [0.05, 0.1) is 32.4 Å². The highest BCUT2D eigenvalue weighted by Crippen LogP contribution is 2.41. The zero-order valence-electron chi connectivity index (χ0n) is 19.2. The zero-order chi connectivity index (χ0) is 24.5. The topological polar surface area (TPSA) is 101 Å². The molecule has 0 aliphatic carbocycles. The van der Waals surface area contributed by atoms with Crippen LogP contribution in [0.3, 0.4) is 0 Å². The van der Waals surface area contributed by atoms with Gasteiger partial charge in [0.1, 0.15) is 5.25 Å². The van der Waals surface area contributed by atoms with Crippen molar-refractivity contribution in [3.05, 3.63) is 71.8 Å². The summed E-state index contributed by atoms with van der Waals surface area (Å²) in [5, 5.41) is 17.7. The van der Waals surface area contributed by atoms with Crippen LogP contribution in [0, 0.1) is 0 Å². The molecule has 2 aliphatic heterocycles. The van der Waals surface area contributed by atoms with Crippen LogP contribution in [0.5, 0.6) is 11.5 Å². The van der Waals surface area contributed by atoms with Crippen LogP contribution in [0.2, 0.25) is 0 Å². The van der Waals surface area contributed by atoms with Gasteiger partial charge < -0.3 is 14.6 Å². The summed E-state index contributed by atoms with van der Waals surface area (Å²) in [6.07, 6.45) is 0.289. The van der Waals surface area contributed by atoms with E-state index in [-0.39, 0.29) is 12.5 Å². The molecule has 0 spiro atoms. The standard InChI is InChI=1S/C26H23N3O5S/c1-33-21-10-9-18(12-22(21)34-2)20-13-19(17-8-7-15-5-3-4-6-16(15)11-17)28-29(20)26-27-25(32)23(35-26)14-24(30)31/h3-12,20,23H,13-14H2,1-2H3,(H,30,31). The van der Waals surface area contributed by atoms with Crippen molar-refractivity contribution in [2.75, 3.05) is 14.2 Å². The number of amides is 1. The summed E-state index contributed by atoms with van der Waals surface area (Å²) in [7, 11) is 3.16. The predicted octanol–water partition coefficient (Wildman–Crippen LogP) is 4.48. The number of hydrogen-bond donors (Lipinski definition) is 1. The molecule has 2 unspecified atom stereocenters. The van der Waals surface area contributed by atoms with E-state index >= 15 is 0 Å². The Morgan fingerprint density at radius 1 is 1.06 bits per heavy atom. The molecule has 178 valence electrons. The van der Waals surface area contributed by atoms with E-state index in [9.17, 15) is 14.7 Å². The molecule has 3 aromatic rings. The molecule has 0 aromatic heterocycles. The number of carbonyl (C=O) groups is 2. The minimum atomic E-state index is -1.04. The summed E-state index contributed by atoms with van der Waals surface area (Å²) < 4.78 is 10.9. The maximum absolute atomic E-state index is 12.4. The van der Waals surface area contributed by atoms with E-state index in [4.69, 9.17) is 14.6 Å². The van der Waals surface area contributed by atoms with E-state index in [1.54, 1.807) is 19.2 Å². The highest BCUT2D eigenvalue weighted by molar-refractivity contribution is 8.15. The average molecular weight is 490 g/mol. The van der Waals surface area contributed by atoms with Gasteiger partial charge in [0.15, 0.2) is 16.7 Å². The minimum Gasteiger partial charge on any atom is -0.493 e. The molecule has 2 heterocycles. The number of rotatable bonds is 6. The monoisotopic (exact) mass is 489 g/mol. The van der Waals surface area contributed by atoms with Gasteiger partial charge in [-0.15, -0.1) is 0 Å². The first-order valence-electron chi connectivity index (χ1n) is 11.1. The smallest absolute Gasteiger partial charge is 0.305 e. The van der Waals surface area contributed by atoms with Crippen molar-refractivity contribution >= 4 is 45.3 Å². The molecule has 3 aromatic carbocycles. The maximum atomic E-state index is 12.4. The highest BCUT2D eigenvalue weighted by atomic mass is 32.2. The van der Waals surface area contributed by atoms with Crippen LogP contribution in [0.4, 0.5) is 0 Å². The second-order valence-electron chi connectivity index (χ2n) is 8.22. The first-order valence-corrected chi connectivity index (χ1v) is 11.9. The molecule has 0 bridgehead atoms. The van der Waals surface area contributed by atoms with Crippen molar-refractivity contribution < 1.29 is 24.2 Å². The molecule has 5 rings (SSSR count). The lowest BCUT2D eigenvalue weighted by Gasteiger charge is -2.23. The number of carbonyl (C=O) groups excluding carboxylic acids is 1. The lowest BCUT2D eigenvalue weighted by molar-refractivity contribution is -0.138. The average Bonchev–Trinajstić information content (AvgIpc) is 3.47. The number of ether oxygens (including phenoxy) is 2. The number of fused-ring (bicyclic) bond motifs is 1. The molecular weight excluding hydrogens is 466 g/mol. The number of benzene rings is 3. The van der Waals surface area contributed by atoms with Gasteiger partial charge in [-0.1, -0.05) is 54.2 Å². The van der Waals surface area contributed by atoms with E-state index in [1.165, 1.54) is 0 Å². The Labute approximate surface area is 206 Å². The zero-order valence-corrected chi connectivity index (χ0v) is 20.0. The van der Waals surface area contributed by atoms with Crippen LogP contribution >= 0.6 is 11.8 Å². The summed E-state index contributed by atoms with van der Waals surface area (Å²) in [6, 6.07) is 19.8. The molecule has 1 amide bonds. The fraction of sp³-hybridized carbons (Fsp3) is 0.231. The first-order chi connectivity index (χ1) is 17.0. The highest BCUT2D eigenvalue weighted by Gasteiger charge is 2.39. The number of amidine groups is 1. The van der Waals surface area contributed by atoms with Crippen molar-refractivity contribution in [1.29, 1.82) is 0 Å². The van der Waals surface area contributed by atoms with Crippen LogP contribution in [-0.4, -0.2) is 52.3 Å². The molecule has 0 fully saturated rings. The third kappa shape index (κ3) is 4.46. The molecule has 35 heavy (non-hydrogen) atoms. The van der Waals surface area contributed by atoms with E-state index in [2.05, 4.69) is 29.3 Å². The SMILES string of the molecule is COc1ccc(C2CC(c3ccc4ccccc4c3)=NN2C2=NC(=O)C(CC(=O)O)S2)cc1OC. The number of hydrazone groups is 1.